The molecule has 1 aromatic rings. The fraction of sp³-hybridized carbons (Fsp3) is 0.500. The molecular formula is C10H12F3NO. The van der Waals surface area contributed by atoms with Crippen LogP contribution in [0.25, 0.3) is 0 Å². The van der Waals surface area contributed by atoms with Crippen LogP contribution in [-0.4, -0.2) is 16.7 Å². The van der Waals surface area contributed by atoms with E-state index in [4.69, 9.17) is 5.11 Å². The smallest absolute Gasteiger partial charge is 0.395 e. The Balaban J connectivity index is 3.01. The maximum Gasteiger partial charge on any atom is 0.433 e. The van der Waals surface area contributed by atoms with Gasteiger partial charge in [0.15, 0.2) is 0 Å². The summed E-state index contributed by atoms with van der Waals surface area (Å²) in [4.78, 5) is 3.33. The lowest BCUT2D eigenvalue weighted by Crippen LogP contribution is -2.22. The fourth-order valence-electron chi connectivity index (χ4n) is 1.05. The molecule has 1 heterocycles. The van der Waals surface area contributed by atoms with Crippen molar-refractivity contribution in [1.29, 1.82) is 0 Å². The van der Waals surface area contributed by atoms with Gasteiger partial charge in [-0.25, -0.2) is 0 Å². The summed E-state index contributed by atoms with van der Waals surface area (Å²) in [5.41, 5.74) is -0.907. The first-order chi connectivity index (χ1) is 6.77. The van der Waals surface area contributed by atoms with Gasteiger partial charge < -0.3 is 5.11 Å². The van der Waals surface area contributed by atoms with E-state index in [0.29, 0.717) is 5.56 Å². The third kappa shape index (κ3) is 2.68. The summed E-state index contributed by atoms with van der Waals surface area (Å²) < 4.78 is 36.6. The third-order valence-corrected chi connectivity index (χ3v) is 2.23. The van der Waals surface area contributed by atoms with Crippen LogP contribution >= 0.6 is 0 Å². The van der Waals surface area contributed by atoms with Crippen molar-refractivity contribution < 1.29 is 18.3 Å². The first kappa shape index (κ1) is 12.0. The van der Waals surface area contributed by atoms with E-state index in [1.807, 2.05) is 0 Å². The van der Waals surface area contributed by atoms with E-state index < -0.39 is 17.3 Å². The first-order valence-corrected chi connectivity index (χ1v) is 4.42. The summed E-state index contributed by atoms with van der Waals surface area (Å²) in [7, 11) is 0. The van der Waals surface area contributed by atoms with Gasteiger partial charge in [-0.2, -0.15) is 13.2 Å². The number of hydrogen-bond acceptors (Lipinski definition) is 2. The van der Waals surface area contributed by atoms with Gasteiger partial charge in [-0.05, 0) is 11.6 Å². The van der Waals surface area contributed by atoms with Gasteiger partial charge in [0.1, 0.15) is 5.69 Å². The Labute approximate surface area is 85.8 Å². The second-order valence-corrected chi connectivity index (χ2v) is 3.97. The van der Waals surface area contributed by atoms with Gasteiger partial charge in [0.05, 0.1) is 6.61 Å². The molecular weight excluding hydrogens is 207 g/mol. The minimum absolute atomic E-state index is 0.139. The van der Waals surface area contributed by atoms with Gasteiger partial charge in [-0.15, -0.1) is 0 Å². The average Bonchev–Trinajstić information content (AvgIpc) is 2.17. The maximum absolute atomic E-state index is 12.2. The average molecular weight is 219 g/mol. The number of hydrogen-bond donors (Lipinski definition) is 1. The number of pyridine rings is 1. The van der Waals surface area contributed by atoms with Crippen molar-refractivity contribution in [3.63, 3.8) is 0 Å². The normalized spacial score (nSPS) is 12.9. The Kier molecular flexibility index (Phi) is 3.04. The SMILES string of the molecule is CC(C)(CO)c1ccc(C(F)(F)F)nc1. The Morgan fingerprint density at radius 3 is 2.20 bits per heavy atom. The Morgan fingerprint density at radius 1 is 1.27 bits per heavy atom. The van der Waals surface area contributed by atoms with Crippen LogP contribution in [0, 0.1) is 0 Å². The van der Waals surface area contributed by atoms with Crippen LogP contribution in [0.2, 0.25) is 0 Å². The molecule has 1 N–H and O–H groups in total. The largest absolute Gasteiger partial charge is 0.433 e. The lowest BCUT2D eigenvalue weighted by atomic mass is 9.87. The van der Waals surface area contributed by atoms with Crippen molar-refractivity contribution >= 4 is 0 Å². The molecule has 0 fully saturated rings. The Hall–Kier alpha value is -1.10. The predicted molar refractivity (Wildman–Crippen MR) is 49.4 cm³/mol. The topological polar surface area (TPSA) is 33.1 Å². The molecule has 0 aliphatic heterocycles. The van der Waals surface area contributed by atoms with Gasteiger partial charge in [-0.1, -0.05) is 19.9 Å². The van der Waals surface area contributed by atoms with Crippen molar-refractivity contribution in [2.24, 2.45) is 0 Å². The molecule has 0 aliphatic rings. The Morgan fingerprint density at radius 2 is 1.87 bits per heavy atom. The molecule has 0 saturated heterocycles. The second kappa shape index (κ2) is 3.81. The zero-order chi connectivity index (χ0) is 11.7. The number of alkyl halides is 3. The summed E-state index contributed by atoms with van der Waals surface area (Å²) in [6.45, 7) is 3.33. The van der Waals surface area contributed by atoms with Crippen LogP contribution in [-0.2, 0) is 11.6 Å². The van der Waals surface area contributed by atoms with Gasteiger partial charge in [0.2, 0.25) is 0 Å². The van der Waals surface area contributed by atoms with E-state index in [1.165, 1.54) is 6.07 Å². The number of aliphatic hydroxyl groups excluding tert-OH is 1. The van der Waals surface area contributed by atoms with Crippen LogP contribution in [0.5, 0.6) is 0 Å². The fourth-order valence-corrected chi connectivity index (χ4v) is 1.05. The zero-order valence-electron chi connectivity index (χ0n) is 8.47. The minimum Gasteiger partial charge on any atom is -0.395 e. The van der Waals surface area contributed by atoms with Crippen LogP contribution in [0.4, 0.5) is 13.2 Å². The zero-order valence-corrected chi connectivity index (χ0v) is 8.47. The lowest BCUT2D eigenvalue weighted by molar-refractivity contribution is -0.141. The van der Waals surface area contributed by atoms with Crippen molar-refractivity contribution in [1.82, 2.24) is 4.98 Å². The molecule has 0 spiro atoms. The van der Waals surface area contributed by atoms with E-state index in [0.717, 1.165) is 12.3 Å². The summed E-state index contributed by atoms with van der Waals surface area (Å²) in [5, 5.41) is 9.03. The lowest BCUT2D eigenvalue weighted by Gasteiger charge is -2.21. The molecule has 15 heavy (non-hydrogen) atoms. The van der Waals surface area contributed by atoms with Crippen LogP contribution < -0.4 is 0 Å². The van der Waals surface area contributed by atoms with Crippen molar-refractivity contribution in [3.8, 4) is 0 Å². The summed E-state index contributed by atoms with van der Waals surface area (Å²) in [6, 6.07) is 2.26. The molecule has 0 radical (unpaired) electrons. The number of aliphatic hydroxyl groups is 1. The molecule has 0 bridgehead atoms. The maximum atomic E-state index is 12.2. The highest BCUT2D eigenvalue weighted by atomic mass is 19.4. The van der Waals surface area contributed by atoms with Gasteiger partial charge in [-0.3, -0.25) is 4.98 Å². The van der Waals surface area contributed by atoms with E-state index >= 15 is 0 Å². The second-order valence-electron chi connectivity index (χ2n) is 3.97. The third-order valence-electron chi connectivity index (χ3n) is 2.23. The quantitative estimate of drug-likeness (QED) is 0.828. The minimum atomic E-state index is -4.41. The highest BCUT2D eigenvalue weighted by Gasteiger charge is 2.32. The van der Waals surface area contributed by atoms with Gasteiger partial charge in [0, 0.05) is 11.6 Å². The molecule has 2 nitrogen and oxygen atoms in total. The molecule has 0 amide bonds. The predicted octanol–water partition coefficient (Wildman–Crippen LogP) is 2.37. The van der Waals surface area contributed by atoms with Gasteiger partial charge >= 0.3 is 6.18 Å². The summed E-state index contributed by atoms with van der Waals surface area (Å²) in [5.74, 6) is 0. The molecule has 1 rings (SSSR count). The van der Waals surface area contributed by atoms with E-state index in [9.17, 15) is 13.2 Å². The summed E-state index contributed by atoms with van der Waals surface area (Å²) in [6.07, 6.45) is -3.26. The van der Waals surface area contributed by atoms with Crippen LogP contribution in [0.15, 0.2) is 18.3 Å². The molecule has 0 saturated carbocycles. The standard InChI is InChI=1S/C10H12F3NO/c1-9(2,6-15)7-3-4-8(14-5-7)10(11,12)13/h3-5,15H,6H2,1-2H3. The molecule has 84 valence electrons. The number of halogens is 3. The monoisotopic (exact) mass is 219 g/mol. The van der Waals surface area contributed by atoms with E-state index in [-0.39, 0.29) is 6.61 Å². The molecule has 0 atom stereocenters. The highest BCUT2D eigenvalue weighted by molar-refractivity contribution is 5.23. The van der Waals surface area contributed by atoms with E-state index in [1.54, 1.807) is 13.8 Å². The number of aromatic nitrogens is 1. The molecule has 0 unspecified atom stereocenters. The highest BCUT2D eigenvalue weighted by Crippen LogP contribution is 2.29. The van der Waals surface area contributed by atoms with Crippen molar-refractivity contribution in [2.45, 2.75) is 25.4 Å². The molecule has 5 heteroatoms. The van der Waals surface area contributed by atoms with E-state index in [2.05, 4.69) is 4.98 Å². The Bertz CT molecular complexity index is 330. The molecule has 0 aliphatic carbocycles. The number of nitrogens with zero attached hydrogens (tertiary/aromatic N) is 1. The van der Waals surface area contributed by atoms with Crippen LogP contribution in [0.3, 0.4) is 0 Å². The molecule has 1 aromatic heterocycles. The first-order valence-electron chi connectivity index (χ1n) is 4.42. The van der Waals surface area contributed by atoms with Crippen molar-refractivity contribution in [3.05, 3.63) is 29.6 Å². The summed E-state index contributed by atoms with van der Waals surface area (Å²) >= 11 is 0. The number of rotatable bonds is 2. The van der Waals surface area contributed by atoms with Crippen molar-refractivity contribution in [2.75, 3.05) is 6.61 Å². The van der Waals surface area contributed by atoms with Crippen LogP contribution in [0.1, 0.15) is 25.1 Å². The molecule has 0 aromatic carbocycles. The van der Waals surface area contributed by atoms with Gasteiger partial charge in [0.25, 0.3) is 0 Å².